The van der Waals surface area contributed by atoms with Gasteiger partial charge in [-0.3, -0.25) is 4.79 Å². The van der Waals surface area contributed by atoms with Gasteiger partial charge in [-0.05, 0) is 32.9 Å². The van der Waals surface area contributed by atoms with E-state index in [1.54, 1.807) is 10.9 Å². The number of amides is 1. The molecule has 0 aromatic carbocycles. The second kappa shape index (κ2) is 5.88. The van der Waals surface area contributed by atoms with E-state index < -0.39 is 0 Å². The van der Waals surface area contributed by atoms with Crippen LogP contribution in [0.1, 0.15) is 36.3 Å². The third-order valence-corrected chi connectivity index (χ3v) is 3.99. The molecule has 2 saturated heterocycles. The molecule has 110 valence electrons. The maximum atomic E-state index is 12.1. The van der Waals surface area contributed by atoms with Gasteiger partial charge in [-0.2, -0.15) is 0 Å². The third-order valence-electron chi connectivity index (χ3n) is 3.99. The van der Waals surface area contributed by atoms with Crippen molar-refractivity contribution < 1.29 is 4.79 Å². The number of rotatable bonds is 5. The molecule has 7 heteroatoms. The van der Waals surface area contributed by atoms with Crippen LogP contribution in [0.5, 0.6) is 0 Å². The molecule has 0 spiro atoms. The minimum Gasteiger partial charge on any atom is -0.347 e. The molecule has 2 aliphatic rings. The van der Waals surface area contributed by atoms with E-state index in [0.717, 1.165) is 32.7 Å². The lowest BCUT2D eigenvalue weighted by Gasteiger charge is -2.26. The fourth-order valence-corrected chi connectivity index (χ4v) is 2.72. The van der Waals surface area contributed by atoms with Crippen molar-refractivity contribution in [3.05, 3.63) is 11.9 Å². The van der Waals surface area contributed by atoms with Gasteiger partial charge in [0, 0.05) is 25.7 Å². The van der Waals surface area contributed by atoms with Crippen molar-refractivity contribution in [2.75, 3.05) is 32.7 Å². The van der Waals surface area contributed by atoms with Crippen LogP contribution in [0.25, 0.3) is 0 Å². The SMILES string of the molecule is CC(CN1CCCC1)NC(=O)c1cn(C2CNC2)nn1. The summed E-state index contributed by atoms with van der Waals surface area (Å²) in [6.07, 6.45) is 4.28. The highest BCUT2D eigenvalue weighted by atomic mass is 16.2. The van der Waals surface area contributed by atoms with E-state index in [9.17, 15) is 4.79 Å². The van der Waals surface area contributed by atoms with Gasteiger partial charge in [0.15, 0.2) is 5.69 Å². The molecule has 0 bridgehead atoms. The first-order valence-corrected chi connectivity index (χ1v) is 7.38. The van der Waals surface area contributed by atoms with Crippen molar-refractivity contribution in [1.82, 2.24) is 30.5 Å². The van der Waals surface area contributed by atoms with Crippen LogP contribution >= 0.6 is 0 Å². The average Bonchev–Trinajstić information content (AvgIpc) is 2.97. The summed E-state index contributed by atoms with van der Waals surface area (Å²) in [6.45, 7) is 7.03. The van der Waals surface area contributed by atoms with Crippen molar-refractivity contribution >= 4 is 5.91 Å². The lowest BCUT2D eigenvalue weighted by atomic mass is 10.2. The Balaban J connectivity index is 1.51. The molecule has 1 aromatic rings. The normalized spacial score (nSPS) is 21.6. The Morgan fingerprint density at radius 3 is 2.90 bits per heavy atom. The van der Waals surface area contributed by atoms with Crippen LogP contribution in [0.2, 0.25) is 0 Å². The highest BCUT2D eigenvalue weighted by molar-refractivity contribution is 5.92. The van der Waals surface area contributed by atoms with Crippen molar-refractivity contribution in [1.29, 1.82) is 0 Å². The van der Waals surface area contributed by atoms with Crippen LogP contribution in [-0.2, 0) is 0 Å². The summed E-state index contributed by atoms with van der Waals surface area (Å²) in [5.74, 6) is -0.129. The van der Waals surface area contributed by atoms with E-state index in [4.69, 9.17) is 0 Å². The summed E-state index contributed by atoms with van der Waals surface area (Å²) < 4.78 is 1.77. The molecule has 2 aliphatic heterocycles. The van der Waals surface area contributed by atoms with Gasteiger partial charge in [0.1, 0.15) is 0 Å². The zero-order chi connectivity index (χ0) is 13.9. The van der Waals surface area contributed by atoms with Crippen molar-refractivity contribution in [3.8, 4) is 0 Å². The predicted molar refractivity (Wildman–Crippen MR) is 74.5 cm³/mol. The molecule has 3 rings (SSSR count). The molecule has 1 aromatic heterocycles. The van der Waals surface area contributed by atoms with Gasteiger partial charge in [0.25, 0.3) is 5.91 Å². The fourth-order valence-electron chi connectivity index (χ4n) is 2.72. The van der Waals surface area contributed by atoms with Gasteiger partial charge < -0.3 is 15.5 Å². The summed E-state index contributed by atoms with van der Waals surface area (Å²) in [5.41, 5.74) is 0.408. The Morgan fingerprint density at radius 1 is 1.50 bits per heavy atom. The van der Waals surface area contributed by atoms with Gasteiger partial charge in [0.2, 0.25) is 0 Å². The minimum absolute atomic E-state index is 0.129. The third kappa shape index (κ3) is 2.99. The molecular weight excluding hydrogens is 256 g/mol. The maximum absolute atomic E-state index is 12.1. The second-order valence-corrected chi connectivity index (χ2v) is 5.78. The number of likely N-dealkylation sites (tertiary alicyclic amines) is 1. The summed E-state index contributed by atoms with van der Waals surface area (Å²) in [4.78, 5) is 14.5. The smallest absolute Gasteiger partial charge is 0.273 e. The summed E-state index contributed by atoms with van der Waals surface area (Å²) in [7, 11) is 0. The zero-order valence-electron chi connectivity index (χ0n) is 11.9. The highest BCUT2D eigenvalue weighted by Gasteiger charge is 2.22. The number of aromatic nitrogens is 3. The number of nitrogens with one attached hydrogen (secondary N) is 2. The number of hydrogen-bond acceptors (Lipinski definition) is 5. The lowest BCUT2D eigenvalue weighted by molar-refractivity contribution is 0.0926. The monoisotopic (exact) mass is 278 g/mol. The molecule has 0 saturated carbocycles. The van der Waals surface area contributed by atoms with Crippen LogP contribution in [0, 0.1) is 0 Å². The Labute approximate surface area is 118 Å². The van der Waals surface area contributed by atoms with Gasteiger partial charge in [-0.1, -0.05) is 5.21 Å². The number of nitrogens with zero attached hydrogens (tertiary/aromatic N) is 4. The molecule has 7 nitrogen and oxygen atoms in total. The Bertz CT molecular complexity index is 463. The van der Waals surface area contributed by atoms with Crippen molar-refractivity contribution in [3.63, 3.8) is 0 Å². The van der Waals surface area contributed by atoms with E-state index in [-0.39, 0.29) is 11.9 Å². The molecule has 2 N–H and O–H groups in total. The van der Waals surface area contributed by atoms with E-state index >= 15 is 0 Å². The molecule has 0 aliphatic carbocycles. The van der Waals surface area contributed by atoms with Crippen LogP contribution < -0.4 is 10.6 Å². The van der Waals surface area contributed by atoms with Crippen molar-refractivity contribution in [2.45, 2.75) is 31.8 Å². The molecular formula is C13H22N6O. The first-order chi connectivity index (χ1) is 9.72. The standard InChI is InChI=1S/C13H22N6O/c1-10(8-18-4-2-3-5-18)15-13(20)12-9-19(17-16-12)11-6-14-7-11/h9-11,14H,2-8H2,1H3,(H,15,20). The van der Waals surface area contributed by atoms with Crippen LogP contribution in [0.3, 0.4) is 0 Å². The van der Waals surface area contributed by atoms with E-state index in [1.807, 2.05) is 6.92 Å². The van der Waals surface area contributed by atoms with Crippen molar-refractivity contribution in [2.24, 2.45) is 0 Å². The Morgan fingerprint density at radius 2 is 2.25 bits per heavy atom. The minimum atomic E-state index is -0.129. The quantitative estimate of drug-likeness (QED) is 0.769. The summed E-state index contributed by atoms with van der Waals surface area (Å²) in [5, 5.41) is 14.2. The summed E-state index contributed by atoms with van der Waals surface area (Å²) >= 11 is 0. The largest absolute Gasteiger partial charge is 0.347 e. The average molecular weight is 278 g/mol. The molecule has 1 amide bonds. The zero-order valence-corrected chi connectivity index (χ0v) is 11.9. The van der Waals surface area contributed by atoms with E-state index in [0.29, 0.717) is 11.7 Å². The van der Waals surface area contributed by atoms with Crippen LogP contribution in [-0.4, -0.2) is 64.6 Å². The first-order valence-electron chi connectivity index (χ1n) is 7.38. The summed E-state index contributed by atoms with van der Waals surface area (Å²) in [6, 6.07) is 0.474. The molecule has 20 heavy (non-hydrogen) atoms. The number of carbonyl (C=O) groups excluding carboxylic acids is 1. The number of carbonyl (C=O) groups is 1. The Hall–Kier alpha value is -1.47. The van der Waals surface area contributed by atoms with Crippen LogP contribution in [0.4, 0.5) is 0 Å². The maximum Gasteiger partial charge on any atom is 0.273 e. The molecule has 0 radical (unpaired) electrons. The molecule has 1 atom stereocenters. The highest BCUT2D eigenvalue weighted by Crippen LogP contribution is 2.10. The van der Waals surface area contributed by atoms with Crippen LogP contribution in [0.15, 0.2) is 6.20 Å². The molecule has 1 unspecified atom stereocenters. The molecule has 3 heterocycles. The van der Waals surface area contributed by atoms with Gasteiger partial charge >= 0.3 is 0 Å². The van der Waals surface area contributed by atoms with E-state index in [2.05, 4.69) is 25.8 Å². The first kappa shape index (κ1) is 13.5. The Kier molecular flexibility index (Phi) is 3.98. The van der Waals surface area contributed by atoms with E-state index in [1.165, 1.54) is 12.8 Å². The fraction of sp³-hybridized carbons (Fsp3) is 0.769. The van der Waals surface area contributed by atoms with Gasteiger partial charge in [-0.15, -0.1) is 5.10 Å². The topological polar surface area (TPSA) is 75.1 Å². The van der Waals surface area contributed by atoms with Gasteiger partial charge in [0.05, 0.1) is 12.2 Å². The predicted octanol–water partition coefficient (Wildman–Crippen LogP) is -0.363. The number of hydrogen-bond donors (Lipinski definition) is 2. The van der Waals surface area contributed by atoms with Gasteiger partial charge in [-0.25, -0.2) is 4.68 Å². The lowest BCUT2D eigenvalue weighted by Crippen LogP contribution is -2.43. The molecule has 2 fully saturated rings. The second-order valence-electron chi connectivity index (χ2n) is 5.78.